The molecule has 1 unspecified atom stereocenters. The summed E-state index contributed by atoms with van der Waals surface area (Å²) >= 11 is 0. The highest BCUT2D eigenvalue weighted by atomic mass is 16.6. The smallest absolute Gasteiger partial charge is 0.340 e. The first kappa shape index (κ1) is 30.2. The van der Waals surface area contributed by atoms with Crippen LogP contribution in [0.3, 0.4) is 0 Å². The van der Waals surface area contributed by atoms with E-state index in [4.69, 9.17) is 15.2 Å². The Labute approximate surface area is 259 Å². The number of rotatable bonds is 2. The summed E-state index contributed by atoms with van der Waals surface area (Å²) < 4.78 is 12.4. The summed E-state index contributed by atoms with van der Waals surface area (Å²) in [5.41, 5.74) is 0.857. The van der Waals surface area contributed by atoms with Crippen molar-refractivity contribution in [2.75, 3.05) is 0 Å². The fourth-order valence-corrected chi connectivity index (χ4v) is 6.42. The second-order valence-electron chi connectivity index (χ2n) is 13.9. The van der Waals surface area contributed by atoms with Gasteiger partial charge in [0.1, 0.15) is 23.0 Å². The molecule has 2 aliphatic heterocycles. The van der Waals surface area contributed by atoms with E-state index in [1.807, 2.05) is 0 Å². The van der Waals surface area contributed by atoms with E-state index in [2.05, 4.69) is 0 Å². The SMILES string of the molecule is CC(C)(C)C(=O)c1c2c(c3c(c1C(=O)C(C)(C)C)C1(OC3=O)c3ccc(O)cc3Oc3cc(O)ccc31)C(=O)CCC(N)C2=O. The number of hydrogen-bond donors (Lipinski definition) is 3. The van der Waals surface area contributed by atoms with Crippen LogP contribution >= 0.6 is 0 Å². The first-order chi connectivity index (χ1) is 20.9. The Morgan fingerprint density at radius 3 is 1.82 bits per heavy atom. The van der Waals surface area contributed by atoms with Gasteiger partial charge in [-0.05, 0) is 30.7 Å². The van der Waals surface area contributed by atoms with Gasteiger partial charge < -0.3 is 25.4 Å². The molecule has 1 aliphatic carbocycles. The minimum absolute atomic E-state index is 0.0227. The van der Waals surface area contributed by atoms with Gasteiger partial charge in [0, 0.05) is 68.3 Å². The van der Waals surface area contributed by atoms with E-state index in [0.717, 1.165) is 0 Å². The lowest BCUT2D eigenvalue weighted by atomic mass is 9.67. The zero-order chi connectivity index (χ0) is 33.0. The van der Waals surface area contributed by atoms with E-state index < -0.39 is 51.6 Å². The summed E-state index contributed by atoms with van der Waals surface area (Å²) in [6, 6.07) is 7.07. The van der Waals surface area contributed by atoms with E-state index in [1.54, 1.807) is 41.5 Å². The van der Waals surface area contributed by atoms with Gasteiger partial charge >= 0.3 is 5.97 Å². The minimum Gasteiger partial charge on any atom is -0.508 e. The average molecular weight is 612 g/mol. The summed E-state index contributed by atoms with van der Waals surface area (Å²) in [6.07, 6.45) is -0.203. The average Bonchev–Trinajstić information content (AvgIpc) is 3.18. The van der Waals surface area contributed by atoms with Crippen molar-refractivity contribution in [1.82, 2.24) is 0 Å². The number of Topliss-reactive ketones (excluding diaryl/α,β-unsaturated/α-hetero) is 4. The number of benzene rings is 3. The number of carbonyl (C=O) groups excluding carboxylic acids is 5. The van der Waals surface area contributed by atoms with Gasteiger partial charge in [-0.3, -0.25) is 19.2 Å². The minimum atomic E-state index is -1.98. The Balaban J connectivity index is 1.93. The molecule has 0 aromatic heterocycles. The van der Waals surface area contributed by atoms with E-state index in [9.17, 15) is 34.2 Å². The van der Waals surface area contributed by atoms with Gasteiger partial charge in [0.2, 0.25) is 0 Å². The topological polar surface area (TPSA) is 170 Å². The van der Waals surface area contributed by atoms with Crippen molar-refractivity contribution in [3.8, 4) is 23.0 Å². The number of hydrogen-bond acceptors (Lipinski definition) is 10. The summed E-state index contributed by atoms with van der Waals surface area (Å²) in [5, 5.41) is 20.7. The highest BCUT2D eigenvalue weighted by Gasteiger charge is 2.59. The van der Waals surface area contributed by atoms with Crippen LogP contribution < -0.4 is 10.5 Å². The molecule has 0 amide bonds. The molecule has 0 saturated carbocycles. The van der Waals surface area contributed by atoms with Crippen molar-refractivity contribution >= 4 is 29.1 Å². The number of fused-ring (bicyclic) bond motifs is 8. The van der Waals surface area contributed by atoms with Crippen molar-refractivity contribution in [3.05, 3.63) is 80.9 Å². The molecule has 1 spiro atoms. The van der Waals surface area contributed by atoms with Crippen molar-refractivity contribution in [3.63, 3.8) is 0 Å². The highest BCUT2D eigenvalue weighted by Crippen LogP contribution is 2.60. The van der Waals surface area contributed by atoms with Crippen LogP contribution in [0.2, 0.25) is 0 Å². The molecular formula is C35H33NO9. The summed E-state index contributed by atoms with van der Waals surface area (Å²) in [4.78, 5) is 71.5. The number of ether oxygens (including phenoxy) is 2. The molecule has 3 aliphatic rings. The van der Waals surface area contributed by atoms with Gasteiger partial charge in [-0.2, -0.15) is 0 Å². The van der Waals surface area contributed by atoms with Crippen LogP contribution in [0.25, 0.3) is 0 Å². The fourth-order valence-electron chi connectivity index (χ4n) is 6.42. The third-order valence-corrected chi connectivity index (χ3v) is 8.57. The molecule has 0 saturated heterocycles. The number of ketones is 4. The number of esters is 1. The largest absolute Gasteiger partial charge is 0.508 e. The number of phenolic OH excluding ortho intramolecular Hbond substituents is 2. The third-order valence-electron chi connectivity index (χ3n) is 8.57. The van der Waals surface area contributed by atoms with Gasteiger partial charge in [0.25, 0.3) is 0 Å². The molecule has 6 rings (SSSR count). The lowest BCUT2D eigenvalue weighted by molar-refractivity contribution is 0.0220. The van der Waals surface area contributed by atoms with Crippen molar-refractivity contribution in [1.29, 1.82) is 0 Å². The second kappa shape index (κ2) is 9.58. The number of phenols is 2. The molecule has 0 fully saturated rings. The predicted octanol–water partition coefficient (Wildman–Crippen LogP) is 5.61. The van der Waals surface area contributed by atoms with Crippen LogP contribution in [0.15, 0.2) is 36.4 Å². The molecular weight excluding hydrogens is 578 g/mol. The van der Waals surface area contributed by atoms with Crippen LogP contribution in [0.4, 0.5) is 0 Å². The second-order valence-corrected chi connectivity index (χ2v) is 13.9. The van der Waals surface area contributed by atoms with Crippen LogP contribution in [0, 0.1) is 10.8 Å². The Morgan fingerprint density at radius 1 is 0.800 bits per heavy atom. The van der Waals surface area contributed by atoms with Gasteiger partial charge in [0.15, 0.2) is 28.7 Å². The fraction of sp³-hybridized carbons (Fsp3) is 0.343. The van der Waals surface area contributed by atoms with Crippen LogP contribution in [-0.4, -0.2) is 45.4 Å². The lowest BCUT2D eigenvalue weighted by Gasteiger charge is -2.38. The van der Waals surface area contributed by atoms with Crippen LogP contribution in [0.5, 0.6) is 23.0 Å². The quantitative estimate of drug-likeness (QED) is 0.188. The lowest BCUT2D eigenvalue weighted by Crippen LogP contribution is -2.39. The Bertz CT molecular complexity index is 1850. The Hall–Kier alpha value is -4.83. The Morgan fingerprint density at radius 2 is 1.31 bits per heavy atom. The predicted molar refractivity (Wildman–Crippen MR) is 161 cm³/mol. The number of carbonyl (C=O) groups is 5. The molecule has 0 bridgehead atoms. The molecule has 2 heterocycles. The normalized spacial score (nSPS) is 18.3. The molecule has 3 aromatic carbocycles. The molecule has 10 nitrogen and oxygen atoms in total. The third kappa shape index (κ3) is 4.23. The van der Waals surface area contributed by atoms with Crippen molar-refractivity contribution in [2.45, 2.75) is 66.0 Å². The molecule has 0 radical (unpaired) electrons. The zero-order valence-electron chi connectivity index (χ0n) is 25.8. The van der Waals surface area contributed by atoms with E-state index in [-0.39, 0.29) is 80.3 Å². The highest BCUT2D eigenvalue weighted by molar-refractivity contribution is 6.27. The van der Waals surface area contributed by atoms with E-state index in [1.165, 1.54) is 36.4 Å². The maximum Gasteiger partial charge on any atom is 0.340 e. The first-order valence-electron chi connectivity index (χ1n) is 14.6. The zero-order valence-corrected chi connectivity index (χ0v) is 25.8. The first-order valence-corrected chi connectivity index (χ1v) is 14.6. The summed E-state index contributed by atoms with van der Waals surface area (Å²) in [5.74, 6) is -3.72. The number of aromatic hydroxyl groups is 2. The summed E-state index contributed by atoms with van der Waals surface area (Å²) in [7, 11) is 0. The van der Waals surface area contributed by atoms with Crippen molar-refractivity contribution < 1.29 is 43.7 Å². The molecule has 4 N–H and O–H groups in total. The van der Waals surface area contributed by atoms with Crippen LogP contribution in [-0.2, 0) is 10.3 Å². The number of nitrogens with two attached hydrogens (primary N) is 1. The monoisotopic (exact) mass is 611 g/mol. The summed E-state index contributed by atoms with van der Waals surface area (Å²) in [6.45, 7) is 9.82. The van der Waals surface area contributed by atoms with Gasteiger partial charge in [-0.15, -0.1) is 0 Å². The van der Waals surface area contributed by atoms with Crippen molar-refractivity contribution in [2.24, 2.45) is 16.6 Å². The van der Waals surface area contributed by atoms with Gasteiger partial charge in [-0.1, -0.05) is 41.5 Å². The molecule has 45 heavy (non-hydrogen) atoms. The standard InChI is InChI=1S/C35H33NO9/c1-33(2,3)30(41)25-24-23(20(39)12-11-19(36)29(24)40)27-28(26(25)31(42)34(4,5)6)35(45-32(27)43)17-9-7-15(37)13-21(17)44-22-14-16(38)8-10-18(22)35/h7-10,13-14,19,37-38H,11-12,36H2,1-6H3. The maximum atomic E-state index is 14.7. The maximum absolute atomic E-state index is 14.7. The molecule has 232 valence electrons. The molecule has 3 aromatic rings. The van der Waals surface area contributed by atoms with E-state index >= 15 is 0 Å². The molecule has 1 atom stereocenters. The van der Waals surface area contributed by atoms with Gasteiger partial charge in [-0.25, -0.2) is 4.79 Å². The molecule has 10 heteroatoms. The van der Waals surface area contributed by atoms with E-state index in [0.29, 0.717) is 0 Å². The van der Waals surface area contributed by atoms with Gasteiger partial charge in [0.05, 0.1) is 11.6 Å². The Kier molecular flexibility index (Phi) is 6.43. The van der Waals surface area contributed by atoms with Crippen LogP contribution in [0.1, 0.15) is 123 Å².